The second-order valence-electron chi connectivity index (χ2n) is 5.82. The minimum atomic E-state index is -0.179. The van der Waals surface area contributed by atoms with E-state index < -0.39 is 0 Å². The first-order chi connectivity index (χ1) is 9.94. The molecule has 21 heavy (non-hydrogen) atoms. The summed E-state index contributed by atoms with van der Waals surface area (Å²) in [5.41, 5.74) is 0.956. The van der Waals surface area contributed by atoms with Crippen molar-refractivity contribution in [3.05, 3.63) is 41.0 Å². The third kappa shape index (κ3) is 3.71. The fraction of sp³-hybridized carbons (Fsp3) is 0.375. The van der Waals surface area contributed by atoms with Crippen molar-refractivity contribution in [1.29, 1.82) is 0 Å². The molecule has 0 saturated heterocycles. The fourth-order valence-corrected chi connectivity index (χ4v) is 2.34. The zero-order valence-electron chi connectivity index (χ0n) is 12.2. The number of carbonyl (C=O) groups excluding carboxylic acids is 1. The van der Waals surface area contributed by atoms with E-state index in [0.29, 0.717) is 29.1 Å². The summed E-state index contributed by atoms with van der Waals surface area (Å²) in [6.45, 7) is 4.60. The highest BCUT2D eigenvalue weighted by Crippen LogP contribution is 2.25. The molecule has 0 atom stereocenters. The van der Waals surface area contributed by atoms with Gasteiger partial charge >= 0.3 is 0 Å². The van der Waals surface area contributed by atoms with Crippen molar-refractivity contribution in [1.82, 2.24) is 10.3 Å². The topological polar surface area (TPSA) is 62.2 Å². The van der Waals surface area contributed by atoms with Gasteiger partial charge in [-0.1, -0.05) is 25.4 Å². The molecule has 1 amide bonds. The van der Waals surface area contributed by atoms with Gasteiger partial charge in [0.05, 0.1) is 16.1 Å². The van der Waals surface area contributed by atoms with Crippen molar-refractivity contribution < 1.29 is 9.90 Å². The number of aliphatic hydroxyl groups excluding tert-OH is 1. The van der Waals surface area contributed by atoms with E-state index in [1.54, 1.807) is 24.4 Å². The van der Waals surface area contributed by atoms with Gasteiger partial charge in [0.25, 0.3) is 5.91 Å². The molecule has 0 aliphatic heterocycles. The SMILES string of the molecule is CC(C)(CCO)CNC(=O)c1ccc(Cl)c2cccnc12. The van der Waals surface area contributed by atoms with Crippen LogP contribution in [0.3, 0.4) is 0 Å². The van der Waals surface area contributed by atoms with E-state index in [1.165, 1.54) is 0 Å². The van der Waals surface area contributed by atoms with Crippen LogP contribution in [0.15, 0.2) is 30.5 Å². The predicted molar refractivity (Wildman–Crippen MR) is 84.6 cm³/mol. The number of fused-ring (bicyclic) bond motifs is 1. The Kier molecular flexibility index (Phi) is 4.80. The third-order valence-electron chi connectivity index (χ3n) is 3.48. The third-order valence-corrected chi connectivity index (χ3v) is 3.81. The maximum absolute atomic E-state index is 12.4. The van der Waals surface area contributed by atoms with Crippen LogP contribution in [0.5, 0.6) is 0 Å². The fourth-order valence-electron chi connectivity index (χ4n) is 2.13. The van der Waals surface area contributed by atoms with Crippen LogP contribution in [0.1, 0.15) is 30.6 Å². The Morgan fingerprint density at radius 1 is 1.38 bits per heavy atom. The van der Waals surface area contributed by atoms with Crippen molar-refractivity contribution in [2.45, 2.75) is 20.3 Å². The molecule has 0 aliphatic carbocycles. The van der Waals surface area contributed by atoms with Crippen LogP contribution in [0.4, 0.5) is 0 Å². The monoisotopic (exact) mass is 306 g/mol. The van der Waals surface area contributed by atoms with E-state index in [-0.39, 0.29) is 17.9 Å². The van der Waals surface area contributed by atoms with E-state index in [9.17, 15) is 4.79 Å². The van der Waals surface area contributed by atoms with E-state index >= 15 is 0 Å². The van der Waals surface area contributed by atoms with Crippen LogP contribution in [0, 0.1) is 5.41 Å². The molecule has 0 saturated carbocycles. The number of hydrogen-bond donors (Lipinski definition) is 2. The van der Waals surface area contributed by atoms with Crippen LogP contribution in [0.25, 0.3) is 10.9 Å². The van der Waals surface area contributed by atoms with Crippen LogP contribution in [0.2, 0.25) is 5.02 Å². The molecule has 1 heterocycles. The summed E-state index contributed by atoms with van der Waals surface area (Å²) in [7, 11) is 0. The Morgan fingerprint density at radius 3 is 2.86 bits per heavy atom. The Morgan fingerprint density at radius 2 is 2.14 bits per heavy atom. The lowest BCUT2D eigenvalue weighted by atomic mass is 9.89. The first kappa shape index (κ1) is 15.7. The number of nitrogens with zero attached hydrogens (tertiary/aromatic N) is 1. The van der Waals surface area contributed by atoms with Crippen LogP contribution in [-0.4, -0.2) is 29.1 Å². The summed E-state index contributed by atoms with van der Waals surface area (Å²) in [4.78, 5) is 16.6. The number of amides is 1. The van der Waals surface area contributed by atoms with Gasteiger partial charge in [-0.3, -0.25) is 9.78 Å². The maximum Gasteiger partial charge on any atom is 0.253 e. The van der Waals surface area contributed by atoms with Gasteiger partial charge in [0.15, 0.2) is 0 Å². The molecule has 0 unspecified atom stereocenters. The smallest absolute Gasteiger partial charge is 0.253 e. The second kappa shape index (κ2) is 6.41. The molecule has 2 aromatic rings. The van der Waals surface area contributed by atoms with Crippen molar-refractivity contribution in [2.24, 2.45) is 5.41 Å². The number of carbonyl (C=O) groups is 1. The molecule has 2 N–H and O–H groups in total. The molecule has 4 nitrogen and oxygen atoms in total. The Balaban J connectivity index is 2.23. The Bertz CT molecular complexity index is 656. The van der Waals surface area contributed by atoms with Gasteiger partial charge in [-0.25, -0.2) is 0 Å². The molecule has 0 radical (unpaired) electrons. The standard InChI is InChI=1S/C16H19ClN2O2/c1-16(2,7-9-20)10-19-15(21)12-5-6-13(17)11-4-3-8-18-14(11)12/h3-6,8,20H,7,9-10H2,1-2H3,(H,19,21). The van der Waals surface area contributed by atoms with Gasteiger partial charge in [-0.15, -0.1) is 0 Å². The summed E-state index contributed by atoms with van der Waals surface area (Å²) in [5, 5.41) is 13.3. The van der Waals surface area contributed by atoms with Crippen molar-refractivity contribution in [2.75, 3.05) is 13.2 Å². The van der Waals surface area contributed by atoms with E-state index in [0.717, 1.165) is 5.39 Å². The predicted octanol–water partition coefficient (Wildman–Crippen LogP) is 3.03. The molecular weight excluding hydrogens is 288 g/mol. The van der Waals surface area contributed by atoms with Crippen LogP contribution in [-0.2, 0) is 0 Å². The highest BCUT2D eigenvalue weighted by atomic mass is 35.5. The number of benzene rings is 1. The Labute approximate surface area is 129 Å². The molecule has 5 heteroatoms. The summed E-state index contributed by atoms with van der Waals surface area (Å²) in [6.07, 6.45) is 2.28. The molecule has 0 bridgehead atoms. The molecule has 112 valence electrons. The van der Waals surface area contributed by atoms with E-state index in [1.807, 2.05) is 19.9 Å². The lowest BCUT2D eigenvalue weighted by molar-refractivity contribution is 0.0929. The van der Waals surface area contributed by atoms with Crippen LogP contribution < -0.4 is 5.32 Å². The number of aliphatic hydroxyl groups is 1. The molecule has 0 spiro atoms. The minimum Gasteiger partial charge on any atom is -0.396 e. The van der Waals surface area contributed by atoms with E-state index in [2.05, 4.69) is 10.3 Å². The average Bonchev–Trinajstić information content (AvgIpc) is 2.46. The minimum absolute atomic E-state index is 0.105. The molecule has 1 aromatic carbocycles. The molecule has 0 fully saturated rings. The van der Waals surface area contributed by atoms with Crippen LogP contribution >= 0.6 is 11.6 Å². The van der Waals surface area contributed by atoms with Gasteiger partial charge in [0, 0.05) is 24.7 Å². The summed E-state index contributed by atoms with van der Waals surface area (Å²) < 4.78 is 0. The highest BCUT2D eigenvalue weighted by molar-refractivity contribution is 6.36. The van der Waals surface area contributed by atoms with Crippen molar-refractivity contribution >= 4 is 28.4 Å². The maximum atomic E-state index is 12.4. The number of hydrogen-bond acceptors (Lipinski definition) is 3. The molecule has 1 aromatic heterocycles. The number of nitrogens with one attached hydrogen (secondary N) is 1. The van der Waals surface area contributed by atoms with Gasteiger partial charge in [-0.05, 0) is 36.1 Å². The summed E-state index contributed by atoms with van der Waals surface area (Å²) in [6, 6.07) is 7.03. The van der Waals surface area contributed by atoms with Gasteiger partial charge in [0.1, 0.15) is 0 Å². The molecule has 2 rings (SSSR count). The number of pyridine rings is 1. The van der Waals surface area contributed by atoms with E-state index in [4.69, 9.17) is 16.7 Å². The first-order valence-electron chi connectivity index (χ1n) is 6.87. The largest absolute Gasteiger partial charge is 0.396 e. The van der Waals surface area contributed by atoms with Gasteiger partial charge < -0.3 is 10.4 Å². The normalized spacial score (nSPS) is 11.6. The summed E-state index contributed by atoms with van der Waals surface area (Å²) >= 11 is 6.13. The van der Waals surface area contributed by atoms with Gasteiger partial charge in [0.2, 0.25) is 0 Å². The number of rotatable bonds is 5. The molecular formula is C16H19ClN2O2. The zero-order chi connectivity index (χ0) is 15.5. The second-order valence-corrected chi connectivity index (χ2v) is 6.22. The number of halogens is 1. The molecule has 0 aliphatic rings. The van der Waals surface area contributed by atoms with Crippen molar-refractivity contribution in [3.8, 4) is 0 Å². The first-order valence-corrected chi connectivity index (χ1v) is 7.25. The quantitative estimate of drug-likeness (QED) is 0.892. The summed E-state index contributed by atoms with van der Waals surface area (Å²) in [5.74, 6) is -0.179. The highest BCUT2D eigenvalue weighted by Gasteiger charge is 2.20. The lowest BCUT2D eigenvalue weighted by Gasteiger charge is -2.23. The number of aromatic nitrogens is 1. The average molecular weight is 307 g/mol. The van der Waals surface area contributed by atoms with Crippen molar-refractivity contribution in [3.63, 3.8) is 0 Å². The van der Waals surface area contributed by atoms with Gasteiger partial charge in [-0.2, -0.15) is 0 Å². The Hall–Kier alpha value is -1.65. The zero-order valence-corrected chi connectivity index (χ0v) is 12.9. The lowest BCUT2D eigenvalue weighted by Crippen LogP contribution is -2.34.